The van der Waals surface area contributed by atoms with Crippen LogP contribution in [0.1, 0.15) is 19.3 Å². The van der Waals surface area contributed by atoms with E-state index in [9.17, 15) is 0 Å². The van der Waals surface area contributed by atoms with Crippen LogP contribution in [-0.2, 0) is 4.74 Å². The van der Waals surface area contributed by atoms with Gasteiger partial charge >= 0.3 is 0 Å². The first-order valence-corrected chi connectivity index (χ1v) is 6.56. The second kappa shape index (κ2) is 4.95. The fourth-order valence-electron chi connectivity index (χ4n) is 2.49. The van der Waals surface area contributed by atoms with Crippen molar-refractivity contribution in [2.75, 3.05) is 33.4 Å². The molecule has 2 rings (SSSR count). The van der Waals surface area contributed by atoms with E-state index in [0.29, 0.717) is 0 Å². The largest absolute Gasteiger partial charge is 0.381 e. The summed E-state index contributed by atoms with van der Waals surface area (Å²) < 4.78 is 5.39. The Morgan fingerprint density at radius 1 is 1.29 bits per heavy atom. The Morgan fingerprint density at radius 3 is 2.57 bits per heavy atom. The van der Waals surface area contributed by atoms with E-state index in [1.165, 1.54) is 32.4 Å². The highest BCUT2D eigenvalue weighted by Crippen LogP contribution is 2.33. The molecule has 1 saturated carbocycles. The lowest BCUT2D eigenvalue weighted by Gasteiger charge is -2.35. The molecule has 1 saturated heterocycles. The summed E-state index contributed by atoms with van der Waals surface area (Å²) in [4.78, 5) is 3.29. The number of hydrogen-bond donors (Lipinski definition) is 0. The van der Waals surface area contributed by atoms with Crippen molar-refractivity contribution >= 4 is 15.9 Å². The zero-order valence-electron chi connectivity index (χ0n) is 8.92. The predicted octanol–water partition coefficient (Wildman–Crippen LogP) is 2.13. The molecule has 1 aliphatic heterocycles. The van der Waals surface area contributed by atoms with Crippen molar-refractivity contribution in [2.24, 2.45) is 11.8 Å². The van der Waals surface area contributed by atoms with Gasteiger partial charge in [-0.1, -0.05) is 15.9 Å². The molecule has 1 heterocycles. The molecule has 0 N–H and O–H groups in total. The summed E-state index contributed by atoms with van der Waals surface area (Å²) in [6.07, 6.45) is 3.99. The standard InChI is InChI=1S/C11H20BrNO/c1-13(6-9-2-3-14-8-9)7-10-4-11(12)5-10/h9-11H,2-8H2,1H3. The smallest absolute Gasteiger partial charge is 0.0507 e. The molecule has 82 valence electrons. The zero-order valence-corrected chi connectivity index (χ0v) is 10.5. The van der Waals surface area contributed by atoms with Crippen molar-refractivity contribution in [3.8, 4) is 0 Å². The molecule has 0 amide bonds. The number of alkyl halides is 1. The first-order valence-electron chi connectivity index (χ1n) is 5.64. The summed E-state index contributed by atoms with van der Waals surface area (Å²) in [5, 5.41) is 0. The van der Waals surface area contributed by atoms with Crippen molar-refractivity contribution in [2.45, 2.75) is 24.1 Å². The van der Waals surface area contributed by atoms with Crippen molar-refractivity contribution in [1.29, 1.82) is 0 Å². The number of nitrogens with zero attached hydrogens (tertiary/aromatic N) is 1. The van der Waals surface area contributed by atoms with Gasteiger partial charge in [-0.3, -0.25) is 0 Å². The summed E-state index contributed by atoms with van der Waals surface area (Å²) in [7, 11) is 2.25. The maximum Gasteiger partial charge on any atom is 0.0507 e. The summed E-state index contributed by atoms with van der Waals surface area (Å²) >= 11 is 3.64. The van der Waals surface area contributed by atoms with Gasteiger partial charge in [-0.2, -0.15) is 0 Å². The molecule has 0 radical (unpaired) electrons. The van der Waals surface area contributed by atoms with Gasteiger partial charge < -0.3 is 9.64 Å². The van der Waals surface area contributed by atoms with Gasteiger partial charge in [-0.05, 0) is 38.1 Å². The second-order valence-electron chi connectivity index (χ2n) is 4.89. The molecule has 3 heteroatoms. The van der Waals surface area contributed by atoms with Crippen LogP contribution >= 0.6 is 15.9 Å². The number of halogens is 1. The molecule has 14 heavy (non-hydrogen) atoms. The lowest BCUT2D eigenvalue weighted by atomic mass is 9.85. The quantitative estimate of drug-likeness (QED) is 0.720. The summed E-state index contributed by atoms with van der Waals surface area (Å²) in [6.45, 7) is 4.46. The Labute approximate surface area is 95.1 Å². The lowest BCUT2D eigenvalue weighted by Crippen LogP contribution is -2.36. The van der Waals surface area contributed by atoms with Gasteiger partial charge in [-0.25, -0.2) is 0 Å². The van der Waals surface area contributed by atoms with Gasteiger partial charge in [0, 0.05) is 24.5 Å². The molecule has 0 spiro atoms. The van der Waals surface area contributed by atoms with Crippen LogP contribution in [0.5, 0.6) is 0 Å². The molecular weight excluding hydrogens is 242 g/mol. The Morgan fingerprint density at radius 2 is 2.00 bits per heavy atom. The van der Waals surface area contributed by atoms with Gasteiger partial charge in [0.05, 0.1) is 6.61 Å². The third-order valence-electron chi connectivity index (χ3n) is 3.34. The van der Waals surface area contributed by atoms with E-state index in [2.05, 4.69) is 27.9 Å². The van der Waals surface area contributed by atoms with E-state index in [-0.39, 0.29) is 0 Å². The molecule has 1 unspecified atom stereocenters. The fraction of sp³-hybridized carbons (Fsp3) is 1.00. The summed E-state index contributed by atoms with van der Waals surface area (Å²) in [6, 6.07) is 0. The molecule has 0 aromatic carbocycles. The highest BCUT2D eigenvalue weighted by molar-refractivity contribution is 9.09. The van der Waals surface area contributed by atoms with Crippen molar-refractivity contribution < 1.29 is 4.74 Å². The maximum atomic E-state index is 5.39. The monoisotopic (exact) mass is 261 g/mol. The average molecular weight is 262 g/mol. The molecule has 0 bridgehead atoms. The van der Waals surface area contributed by atoms with Crippen molar-refractivity contribution in [3.63, 3.8) is 0 Å². The topological polar surface area (TPSA) is 12.5 Å². The molecule has 2 fully saturated rings. The van der Waals surface area contributed by atoms with Gasteiger partial charge in [0.25, 0.3) is 0 Å². The van der Waals surface area contributed by atoms with Gasteiger partial charge in [-0.15, -0.1) is 0 Å². The van der Waals surface area contributed by atoms with Crippen LogP contribution in [0.4, 0.5) is 0 Å². The van der Waals surface area contributed by atoms with Crippen LogP contribution in [-0.4, -0.2) is 43.1 Å². The molecule has 1 aliphatic carbocycles. The maximum absolute atomic E-state index is 5.39. The third kappa shape index (κ3) is 2.94. The van der Waals surface area contributed by atoms with Crippen LogP contribution < -0.4 is 0 Å². The van der Waals surface area contributed by atoms with E-state index in [1.54, 1.807) is 0 Å². The highest BCUT2D eigenvalue weighted by atomic mass is 79.9. The molecule has 0 aromatic rings. The fourth-order valence-corrected chi connectivity index (χ4v) is 3.54. The van der Waals surface area contributed by atoms with Crippen LogP contribution in [0.15, 0.2) is 0 Å². The van der Waals surface area contributed by atoms with Gasteiger partial charge in [0.15, 0.2) is 0 Å². The normalized spacial score (nSPS) is 37.5. The van der Waals surface area contributed by atoms with Gasteiger partial charge in [0.1, 0.15) is 0 Å². The molecule has 2 nitrogen and oxygen atoms in total. The van der Waals surface area contributed by atoms with E-state index in [0.717, 1.165) is 29.9 Å². The Kier molecular flexibility index (Phi) is 3.86. The van der Waals surface area contributed by atoms with E-state index < -0.39 is 0 Å². The summed E-state index contributed by atoms with van der Waals surface area (Å²) in [5.74, 6) is 1.73. The SMILES string of the molecule is CN(CC1CCOC1)CC1CC(Br)C1. The van der Waals surface area contributed by atoms with Crippen molar-refractivity contribution in [1.82, 2.24) is 4.90 Å². The minimum atomic E-state index is 0.792. The van der Waals surface area contributed by atoms with Crippen LogP contribution in [0.2, 0.25) is 0 Å². The third-order valence-corrected chi connectivity index (χ3v) is 4.09. The molecule has 1 atom stereocenters. The van der Waals surface area contributed by atoms with Crippen LogP contribution in [0.3, 0.4) is 0 Å². The van der Waals surface area contributed by atoms with Crippen molar-refractivity contribution in [3.05, 3.63) is 0 Å². The minimum Gasteiger partial charge on any atom is -0.381 e. The van der Waals surface area contributed by atoms with E-state index >= 15 is 0 Å². The summed E-state index contributed by atoms with van der Waals surface area (Å²) in [5.41, 5.74) is 0. The van der Waals surface area contributed by atoms with Crippen LogP contribution in [0, 0.1) is 11.8 Å². The predicted molar refractivity (Wildman–Crippen MR) is 61.9 cm³/mol. The van der Waals surface area contributed by atoms with Crippen LogP contribution in [0.25, 0.3) is 0 Å². The lowest BCUT2D eigenvalue weighted by molar-refractivity contribution is 0.159. The van der Waals surface area contributed by atoms with E-state index in [1.807, 2.05) is 0 Å². The molecule has 0 aromatic heterocycles. The zero-order chi connectivity index (χ0) is 9.97. The molecule has 2 aliphatic rings. The Balaban J connectivity index is 1.60. The molecular formula is C11H20BrNO. The highest BCUT2D eigenvalue weighted by Gasteiger charge is 2.28. The Hall–Kier alpha value is 0.400. The first-order chi connectivity index (χ1) is 6.74. The van der Waals surface area contributed by atoms with E-state index in [4.69, 9.17) is 4.74 Å². The first kappa shape index (κ1) is 10.9. The number of ether oxygens (including phenoxy) is 1. The average Bonchev–Trinajstić information content (AvgIpc) is 2.54. The number of hydrogen-bond acceptors (Lipinski definition) is 2. The second-order valence-corrected chi connectivity index (χ2v) is 6.18. The minimum absolute atomic E-state index is 0.792. The number of rotatable bonds is 4. The Bertz CT molecular complexity index is 176. The van der Waals surface area contributed by atoms with Gasteiger partial charge in [0.2, 0.25) is 0 Å².